The molecule has 0 N–H and O–H groups in total. The van der Waals surface area contributed by atoms with E-state index in [0.717, 1.165) is 21.5 Å². The number of hydrazone groups is 1. The topological polar surface area (TPSA) is 104 Å². The molecule has 8 heteroatoms. The fourth-order valence-corrected chi connectivity index (χ4v) is 3.57. The number of nitrogens with zero attached hydrogens (tertiary/aromatic N) is 5. The Hall–Kier alpha value is -3.99. The van der Waals surface area contributed by atoms with Gasteiger partial charge in [0.05, 0.1) is 17.7 Å². The summed E-state index contributed by atoms with van der Waals surface area (Å²) in [4.78, 5) is 25.8. The van der Waals surface area contributed by atoms with Gasteiger partial charge in [-0.2, -0.15) is 15.5 Å². The summed E-state index contributed by atoms with van der Waals surface area (Å²) in [6, 6.07) is 13.0. The molecular formula is C23H21N5O3. The molecule has 8 nitrogen and oxygen atoms in total. The van der Waals surface area contributed by atoms with Gasteiger partial charge in [-0.15, -0.1) is 0 Å². The van der Waals surface area contributed by atoms with Crippen LogP contribution in [0.1, 0.15) is 46.2 Å². The summed E-state index contributed by atoms with van der Waals surface area (Å²) in [5, 5.41) is 19.4. The number of rotatable bonds is 4. The molecule has 0 saturated carbocycles. The molecule has 0 bridgehead atoms. The molecule has 1 atom stereocenters. The second-order valence-electron chi connectivity index (χ2n) is 7.55. The van der Waals surface area contributed by atoms with Crippen molar-refractivity contribution in [3.63, 3.8) is 0 Å². The number of hydrogen-bond acceptors (Lipinski definition) is 6. The number of carbonyl (C=O) groups is 1. The van der Waals surface area contributed by atoms with Gasteiger partial charge in [0.2, 0.25) is 0 Å². The normalized spacial score (nSPS) is 15.6. The van der Waals surface area contributed by atoms with Gasteiger partial charge in [0.25, 0.3) is 11.5 Å². The van der Waals surface area contributed by atoms with E-state index in [9.17, 15) is 14.9 Å². The Morgan fingerprint density at radius 3 is 2.61 bits per heavy atom. The van der Waals surface area contributed by atoms with Crippen molar-refractivity contribution >= 4 is 11.6 Å². The maximum atomic E-state index is 13.2. The molecule has 0 saturated heterocycles. The standard InChI is InChI=1S/C23H21N5O3/c1-14-6-8-17(9-7-14)19-11-20(21-5-4-10-31-21)28(26-19)22(29)13-27-23(30)18(12-24)15(2)16(3)25-27/h4-10,20H,11,13H2,1-3H3/t20-/m0/s1. The predicted molar refractivity (Wildman–Crippen MR) is 113 cm³/mol. The summed E-state index contributed by atoms with van der Waals surface area (Å²) >= 11 is 0. The van der Waals surface area contributed by atoms with E-state index in [1.807, 2.05) is 37.3 Å². The van der Waals surface area contributed by atoms with Crippen molar-refractivity contribution in [3.05, 3.63) is 86.7 Å². The Morgan fingerprint density at radius 1 is 1.23 bits per heavy atom. The molecule has 2 aromatic heterocycles. The van der Waals surface area contributed by atoms with Gasteiger partial charge in [0, 0.05) is 6.42 Å². The van der Waals surface area contributed by atoms with Crippen molar-refractivity contribution in [1.29, 1.82) is 5.26 Å². The number of aromatic nitrogens is 2. The van der Waals surface area contributed by atoms with Gasteiger partial charge in [-0.1, -0.05) is 29.8 Å². The quantitative estimate of drug-likeness (QED) is 0.651. The van der Waals surface area contributed by atoms with Gasteiger partial charge >= 0.3 is 0 Å². The Morgan fingerprint density at radius 2 is 1.97 bits per heavy atom. The molecule has 1 aliphatic rings. The van der Waals surface area contributed by atoms with E-state index in [1.54, 1.807) is 32.2 Å². The Labute approximate surface area is 179 Å². The lowest BCUT2D eigenvalue weighted by Gasteiger charge is -2.20. The molecule has 0 spiro atoms. The van der Waals surface area contributed by atoms with Crippen LogP contribution in [0.4, 0.5) is 0 Å². The number of hydrogen-bond donors (Lipinski definition) is 0. The first-order chi connectivity index (χ1) is 14.9. The minimum atomic E-state index is -0.588. The molecule has 0 unspecified atom stereocenters. The maximum absolute atomic E-state index is 13.2. The lowest BCUT2D eigenvalue weighted by molar-refractivity contribution is -0.134. The van der Waals surface area contributed by atoms with Crippen molar-refractivity contribution in [3.8, 4) is 6.07 Å². The van der Waals surface area contributed by atoms with E-state index in [-0.39, 0.29) is 12.1 Å². The number of carbonyl (C=O) groups excluding carboxylic acids is 1. The van der Waals surface area contributed by atoms with Crippen LogP contribution in [-0.4, -0.2) is 26.4 Å². The molecule has 1 amide bonds. The van der Waals surface area contributed by atoms with Crippen LogP contribution in [0.2, 0.25) is 0 Å². The van der Waals surface area contributed by atoms with E-state index in [1.165, 1.54) is 5.01 Å². The average Bonchev–Trinajstić information content (AvgIpc) is 3.43. The third-order valence-electron chi connectivity index (χ3n) is 5.46. The lowest BCUT2D eigenvalue weighted by atomic mass is 10.0. The lowest BCUT2D eigenvalue weighted by Crippen LogP contribution is -2.36. The van der Waals surface area contributed by atoms with Crippen LogP contribution in [0.3, 0.4) is 0 Å². The number of aryl methyl sites for hydroxylation is 2. The molecule has 156 valence electrons. The zero-order chi connectivity index (χ0) is 22.1. The molecule has 4 rings (SSSR count). The molecule has 31 heavy (non-hydrogen) atoms. The highest BCUT2D eigenvalue weighted by Gasteiger charge is 2.35. The van der Waals surface area contributed by atoms with Crippen LogP contribution < -0.4 is 5.56 Å². The maximum Gasteiger partial charge on any atom is 0.285 e. The van der Waals surface area contributed by atoms with Crippen LogP contribution in [0.25, 0.3) is 0 Å². The molecule has 0 fully saturated rings. The van der Waals surface area contributed by atoms with Gasteiger partial charge < -0.3 is 4.42 Å². The summed E-state index contributed by atoms with van der Waals surface area (Å²) in [7, 11) is 0. The second-order valence-corrected chi connectivity index (χ2v) is 7.55. The van der Waals surface area contributed by atoms with Crippen molar-refractivity contribution < 1.29 is 9.21 Å². The van der Waals surface area contributed by atoms with Crippen LogP contribution in [0.15, 0.2) is 57.0 Å². The largest absolute Gasteiger partial charge is 0.467 e. The van der Waals surface area contributed by atoms with Crippen molar-refractivity contribution in [2.24, 2.45) is 5.10 Å². The van der Waals surface area contributed by atoms with E-state index in [4.69, 9.17) is 4.42 Å². The first-order valence-corrected chi connectivity index (χ1v) is 9.87. The second kappa shape index (κ2) is 8.03. The zero-order valence-corrected chi connectivity index (χ0v) is 17.5. The van der Waals surface area contributed by atoms with E-state index >= 15 is 0 Å². The highest BCUT2D eigenvalue weighted by molar-refractivity contribution is 6.03. The molecular weight excluding hydrogens is 394 g/mol. The van der Waals surface area contributed by atoms with Gasteiger partial charge in [0.1, 0.15) is 30.0 Å². The number of amides is 1. The predicted octanol–water partition coefficient (Wildman–Crippen LogP) is 3.01. The molecule has 1 aliphatic heterocycles. The highest BCUT2D eigenvalue weighted by atomic mass is 16.3. The zero-order valence-electron chi connectivity index (χ0n) is 17.5. The molecule has 3 heterocycles. The number of nitriles is 1. The fourth-order valence-electron chi connectivity index (χ4n) is 3.57. The van der Waals surface area contributed by atoms with Crippen LogP contribution in [-0.2, 0) is 11.3 Å². The van der Waals surface area contributed by atoms with Crippen LogP contribution >= 0.6 is 0 Å². The first kappa shape index (κ1) is 20.3. The Balaban J connectivity index is 1.69. The van der Waals surface area contributed by atoms with Gasteiger partial charge in [-0.3, -0.25) is 9.59 Å². The van der Waals surface area contributed by atoms with Crippen LogP contribution in [0.5, 0.6) is 0 Å². The minimum absolute atomic E-state index is 0.00634. The van der Waals surface area contributed by atoms with Gasteiger partial charge in [0.15, 0.2) is 0 Å². The van der Waals surface area contributed by atoms with Crippen molar-refractivity contribution in [2.75, 3.05) is 0 Å². The third kappa shape index (κ3) is 3.78. The monoisotopic (exact) mass is 415 g/mol. The average molecular weight is 415 g/mol. The number of furan rings is 1. The smallest absolute Gasteiger partial charge is 0.285 e. The van der Waals surface area contributed by atoms with E-state index < -0.39 is 17.5 Å². The van der Waals surface area contributed by atoms with E-state index in [0.29, 0.717) is 23.4 Å². The van der Waals surface area contributed by atoms with Crippen molar-refractivity contribution in [2.45, 2.75) is 39.8 Å². The summed E-state index contributed by atoms with van der Waals surface area (Å²) in [6.45, 7) is 5.05. The summed E-state index contributed by atoms with van der Waals surface area (Å²) < 4.78 is 6.58. The first-order valence-electron chi connectivity index (χ1n) is 9.87. The number of benzene rings is 1. The molecule has 3 aromatic rings. The SMILES string of the molecule is Cc1ccc(C2=NN(C(=O)Cn3nc(C)c(C)c(C#N)c3=O)[C@H](c3ccco3)C2)cc1. The van der Waals surface area contributed by atoms with Gasteiger partial charge in [-0.25, -0.2) is 9.69 Å². The third-order valence-corrected chi connectivity index (χ3v) is 5.46. The van der Waals surface area contributed by atoms with Crippen LogP contribution in [0, 0.1) is 32.1 Å². The highest BCUT2D eigenvalue weighted by Crippen LogP contribution is 2.33. The summed E-state index contributed by atoms with van der Waals surface area (Å²) in [5.74, 6) is 0.197. The molecule has 0 aliphatic carbocycles. The van der Waals surface area contributed by atoms with Gasteiger partial charge in [-0.05, 0) is 44.0 Å². The minimum Gasteiger partial charge on any atom is -0.467 e. The van der Waals surface area contributed by atoms with E-state index in [2.05, 4.69) is 10.2 Å². The molecule has 1 aromatic carbocycles. The summed E-state index contributed by atoms with van der Waals surface area (Å²) in [5.41, 5.74) is 3.26. The Bertz CT molecular complexity index is 1260. The fraction of sp³-hybridized carbons (Fsp3) is 0.261. The van der Waals surface area contributed by atoms with Crippen molar-refractivity contribution in [1.82, 2.24) is 14.8 Å². The molecule has 0 radical (unpaired) electrons. The summed E-state index contributed by atoms with van der Waals surface area (Å²) in [6.07, 6.45) is 2.04. The Kier molecular flexibility index (Phi) is 5.26.